The van der Waals surface area contributed by atoms with Crippen LogP contribution in [0.2, 0.25) is 0 Å². The zero-order valence-electron chi connectivity index (χ0n) is 52.7. The number of anilines is 3. The third-order valence-corrected chi connectivity index (χ3v) is 20.4. The molecule has 22 nitrogen and oxygen atoms in total. The van der Waals surface area contributed by atoms with E-state index in [0.29, 0.717) is 105 Å². The molecule has 1 saturated heterocycles. The third kappa shape index (κ3) is 25.4. The van der Waals surface area contributed by atoms with Gasteiger partial charge in [-0.25, -0.2) is 58.6 Å². The summed E-state index contributed by atoms with van der Waals surface area (Å²) in [6, 6.07) is 13.6. The first kappa shape index (κ1) is 85.9. The number of ether oxygens (including phenoxy) is 2. The first-order chi connectivity index (χ1) is 40.5. The summed E-state index contributed by atoms with van der Waals surface area (Å²) in [6.07, 6.45) is 8.53. The second-order valence-electron chi connectivity index (χ2n) is 20.1. The molecule has 0 amide bonds. The van der Waals surface area contributed by atoms with Crippen LogP contribution in [0.25, 0.3) is 0 Å². The molecule has 0 saturated carbocycles. The summed E-state index contributed by atoms with van der Waals surface area (Å²) in [7, 11) is -13.9. The Hall–Kier alpha value is -4.05. The Bertz CT molecular complexity index is 3920. The lowest BCUT2D eigenvalue weighted by Gasteiger charge is -2.32. The smallest absolute Gasteiger partial charge is 0.478 e. The molecule has 33 heteroatoms. The fourth-order valence-corrected chi connectivity index (χ4v) is 14.1. The Balaban J connectivity index is 0. The molecule has 0 unspecified atom stereocenters. The molecule has 0 atom stereocenters. The Morgan fingerprint density at radius 2 is 0.900 bits per heavy atom. The average Bonchev–Trinajstić information content (AvgIpc) is 1.72. The molecule has 90 heavy (non-hydrogen) atoms. The van der Waals surface area contributed by atoms with E-state index in [1.165, 1.54) is 24.6 Å². The van der Waals surface area contributed by atoms with Crippen molar-refractivity contribution in [2.45, 2.75) is 160 Å². The summed E-state index contributed by atoms with van der Waals surface area (Å²) in [5.74, 6) is 2.26. The molecule has 1 aliphatic rings. The molecule has 1 fully saturated rings. The Kier molecular flexibility index (Phi) is 35.5. The van der Waals surface area contributed by atoms with Crippen LogP contribution in [0.1, 0.15) is 126 Å². The van der Waals surface area contributed by atoms with E-state index in [0.717, 1.165) is 45.7 Å². The van der Waals surface area contributed by atoms with Crippen molar-refractivity contribution >= 4 is 157 Å². The molecular weight excluding hydrogens is 1570 g/mol. The van der Waals surface area contributed by atoms with Gasteiger partial charge >= 0.3 is 7.12 Å². The first-order valence-electron chi connectivity index (χ1n) is 27.3. The molecule has 0 bridgehead atoms. The van der Waals surface area contributed by atoms with Crippen molar-refractivity contribution in [2.24, 2.45) is 0 Å². The van der Waals surface area contributed by atoms with Gasteiger partial charge in [0.2, 0.25) is 11.8 Å². The van der Waals surface area contributed by atoms with Gasteiger partial charge in [-0.05, 0) is 202 Å². The van der Waals surface area contributed by atoms with Crippen LogP contribution in [-0.2, 0) is 87.2 Å². The number of aromatic amines is 1. The Morgan fingerprint density at radius 1 is 0.511 bits per heavy atom. The number of nitrogens with one attached hydrogen (secondary N) is 1. The van der Waals surface area contributed by atoms with Gasteiger partial charge in [0.15, 0.2) is 39.3 Å². The monoisotopic (exact) mass is 1650 g/mol. The first-order valence-corrected chi connectivity index (χ1v) is 38.9. The maximum Gasteiger partial charge on any atom is 0.500 e. The number of H-pyrrole nitrogens is 1. The lowest BCUT2D eigenvalue weighted by molar-refractivity contribution is 0.00578. The number of nitrogen functional groups attached to an aromatic ring is 3. The fraction of sp³-hybridized carbons (Fsp3) is 0.474. The van der Waals surface area contributed by atoms with Crippen LogP contribution in [0.4, 0.5) is 17.5 Å². The molecule has 7 N–H and O–H groups in total. The fourth-order valence-electron chi connectivity index (χ4n) is 7.48. The molecule has 1 aliphatic heterocycles. The third-order valence-electron chi connectivity index (χ3n) is 12.7. The number of hydrogen-bond donors (Lipinski definition) is 4. The normalized spacial score (nSPS) is 13.1. The largest absolute Gasteiger partial charge is 0.500 e. The molecule has 6 aromatic heterocycles. The van der Waals surface area contributed by atoms with Crippen LogP contribution in [0.3, 0.4) is 0 Å². The van der Waals surface area contributed by atoms with Gasteiger partial charge in [-0.2, -0.15) is 0 Å². The molecule has 6 aromatic rings. The number of pyridine rings is 6. The maximum atomic E-state index is 12.1. The van der Waals surface area contributed by atoms with Gasteiger partial charge < -0.3 is 41.0 Å². The van der Waals surface area contributed by atoms with Gasteiger partial charge in [-0.3, -0.25) is 4.79 Å². The van der Waals surface area contributed by atoms with E-state index in [1.54, 1.807) is 25.1 Å². The molecule has 7 rings (SSSR count). The molecule has 3 radical (unpaired) electrons. The van der Waals surface area contributed by atoms with E-state index in [2.05, 4.69) is 116 Å². The van der Waals surface area contributed by atoms with Crippen LogP contribution in [-0.4, -0.2) is 129 Å². The van der Waals surface area contributed by atoms with Gasteiger partial charge in [0.05, 0.1) is 84.7 Å². The number of nitrogens with two attached hydrogens (primary N) is 3. The molecule has 0 aliphatic carbocycles. The highest BCUT2D eigenvalue weighted by atomic mass is 79.9. The van der Waals surface area contributed by atoms with E-state index < -0.39 is 57.7 Å². The van der Waals surface area contributed by atoms with E-state index >= 15 is 0 Å². The van der Waals surface area contributed by atoms with Crippen molar-refractivity contribution in [2.75, 3.05) is 55.4 Å². The number of sulfone groups is 4. The molecule has 0 spiro atoms. The van der Waals surface area contributed by atoms with E-state index in [1.807, 2.05) is 87.4 Å². The van der Waals surface area contributed by atoms with Gasteiger partial charge in [-0.1, -0.05) is 55.0 Å². The predicted octanol–water partition coefficient (Wildman–Crippen LogP) is 10.9. The number of halogens is 5. The SMILES string of the molecule is C.CCOc1nc(CC)c(S(C)(=O)=O)cc1B1OC(C)(C)C(C)(C)O1.CCOc1nc(CC)c(S(C)(=O)=O)cc1Br.CCc1[nH]c(=O)c(Br)cc1S(C)(=O)=O.CCc1cccc(N)n1.CCc1nc(N)c(Br)cc1Br.CCc1nc(N)c(Br)cc1S(C)(=O)=O.[2HH].[B]. The van der Waals surface area contributed by atoms with Crippen LogP contribution in [0.15, 0.2) is 95.3 Å². The van der Waals surface area contributed by atoms with E-state index in [4.69, 9.17) is 36.0 Å². The van der Waals surface area contributed by atoms with Crippen LogP contribution >= 0.6 is 79.6 Å². The minimum atomic E-state index is -3.42. The predicted molar refractivity (Wildman–Crippen MR) is 381 cm³/mol. The Labute approximate surface area is 578 Å². The molecular formula is C57H85B2Br5N9O13S4. The summed E-state index contributed by atoms with van der Waals surface area (Å²) in [5.41, 5.74) is 19.7. The summed E-state index contributed by atoms with van der Waals surface area (Å²) in [6.45, 7) is 23.8. The standard InChI is InChI=1S/C16H26BNO5S.C10H14BrNO3S.C8H11BrN2O2S.C8H10BrNO3S.C7H8Br2N2.C7H10N2.CH4.B.H2/c1-8-12-13(24(7,19)20)10-11(14(18-12)21-9-2)17-22-15(3,4)16(5,6)23-17;1-4-8-9(16(3,13)14)6-7(11)10(12-8)15-5-2;1-3-6-7(14(2,12)13)4-5(9)8(10)11-6;1-3-6-7(14(2,12)13)4-5(9)8(11)10-6;1-2-6-4(8)3-5(9)7(10)11-6;1-2-6-4-3-5-7(8)9-6;;;/h10H,8-9H2,1-7H3;6H,4-5H2,1-3H3;4H,3H2,1-2H3,(H2,10,11);4H,3H2,1-2H3,(H,10,11);3H,2H2,1H3,(H2,10,11);3-5H,2H2,1H3,(H2,8,9);1H4;;1H/i;;;;;;;;1+1. The number of hydrogen-bond acceptors (Lipinski definition) is 21. The minimum Gasteiger partial charge on any atom is -0.478 e. The van der Waals surface area contributed by atoms with Crippen LogP contribution in [0, 0.1) is 0 Å². The lowest BCUT2D eigenvalue weighted by Crippen LogP contribution is -2.41. The topological polar surface area (TPSA) is 349 Å². The van der Waals surface area contributed by atoms with Gasteiger partial charge in [-0.15, -0.1) is 0 Å². The van der Waals surface area contributed by atoms with Crippen LogP contribution < -0.4 is 37.7 Å². The summed E-state index contributed by atoms with van der Waals surface area (Å²) < 4.78 is 119. The lowest BCUT2D eigenvalue weighted by atomic mass is 9.79. The number of nitrogens with zero attached hydrogens (tertiary/aromatic N) is 5. The maximum absolute atomic E-state index is 12.1. The summed E-state index contributed by atoms with van der Waals surface area (Å²) in [5, 5.41) is 0. The minimum absolute atomic E-state index is 0. The number of aryl methyl sites for hydroxylation is 6. The number of aromatic nitrogens is 6. The summed E-state index contributed by atoms with van der Waals surface area (Å²) in [4.78, 5) is 35.4. The zero-order chi connectivity index (χ0) is 67.7. The average molecular weight is 1650 g/mol. The van der Waals surface area contributed by atoms with Crippen molar-refractivity contribution in [3.8, 4) is 11.8 Å². The highest BCUT2D eigenvalue weighted by Gasteiger charge is 2.53. The van der Waals surface area contributed by atoms with Gasteiger partial charge in [0.25, 0.3) is 5.56 Å². The highest BCUT2D eigenvalue weighted by Crippen LogP contribution is 2.38. The molecule has 7 heterocycles. The van der Waals surface area contributed by atoms with E-state index in [9.17, 15) is 38.5 Å². The highest BCUT2D eigenvalue weighted by molar-refractivity contribution is 9.11. The number of rotatable bonds is 15. The quantitative estimate of drug-likeness (QED) is 0.0694. The van der Waals surface area contributed by atoms with Gasteiger partial charge in [0, 0.05) is 56.2 Å². The second-order valence-corrected chi connectivity index (χ2v) is 32.3. The van der Waals surface area contributed by atoms with Crippen molar-refractivity contribution < 1.29 is 53.9 Å². The second kappa shape index (κ2) is 37.1. The summed E-state index contributed by atoms with van der Waals surface area (Å²) >= 11 is 16.1. The van der Waals surface area contributed by atoms with Crippen LogP contribution in [0.5, 0.6) is 11.8 Å². The van der Waals surface area contributed by atoms with Crippen molar-refractivity contribution in [1.29, 1.82) is 0 Å². The van der Waals surface area contributed by atoms with Crippen molar-refractivity contribution in [1.82, 2.24) is 29.9 Å². The van der Waals surface area contributed by atoms with Crippen molar-refractivity contribution in [3.05, 3.63) is 115 Å². The molecule has 501 valence electrons. The molecule has 0 aromatic carbocycles. The van der Waals surface area contributed by atoms with E-state index in [-0.39, 0.29) is 46.9 Å². The zero-order valence-corrected chi connectivity index (χ0v) is 63.9. The van der Waals surface area contributed by atoms with Gasteiger partial charge in [0.1, 0.15) is 17.5 Å². The Morgan fingerprint density at radius 3 is 1.30 bits per heavy atom. The van der Waals surface area contributed by atoms with Crippen molar-refractivity contribution in [3.63, 3.8) is 0 Å².